The quantitative estimate of drug-likeness (QED) is 0.488. The first-order chi connectivity index (χ1) is 14.0. The van der Waals surface area contributed by atoms with Crippen molar-refractivity contribution in [2.24, 2.45) is 0 Å². The summed E-state index contributed by atoms with van der Waals surface area (Å²) in [6, 6.07) is 15.5. The van der Waals surface area contributed by atoms with Gasteiger partial charge in [-0.2, -0.15) is 0 Å². The van der Waals surface area contributed by atoms with E-state index in [-0.39, 0.29) is 18.6 Å². The molecule has 0 aliphatic rings. The van der Waals surface area contributed by atoms with Gasteiger partial charge in [0.1, 0.15) is 6.61 Å². The fraction of sp³-hybridized carbons (Fsp3) is 0.333. The van der Waals surface area contributed by atoms with Crippen molar-refractivity contribution in [3.05, 3.63) is 76.9 Å². The Balaban J connectivity index is 1.88. The number of aryl methyl sites for hydroxylation is 1. The first-order valence-electron chi connectivity index (χ1n) is 9.89. The van der Waals surface area contributed by atoms with Gasteiger partial charge < -0.3 is 14.8 Å². The van der Waals surface area contributed by atoms with Crippen LogP contribution >= 0.6 is 0 Å². The van der Waals surface area contributed by atoms with Gasteiger partial charge in [0.2, 0.25) is 0 Å². The van der Waals surface area contributed by atoms with Gasteiger partial charge in [-0.15, -0.1) is 0 Å². The summed E-state index contributed by atoms with van der Waals surface area (Å²) in [6.45, 7) is 6.58. The minimum Gasteiger partial charge on any atom is -0.463 e. The summed E-state index contributed by atoms with van der Waals surface area (Å²) in [4.78, 5) is 23.7. The maximum atomic E-state index is 12.0. The van der Waals surface area contributed by atoms with Crippen LogP contribution < -0.4 is 5.32 Å². The van der Waals surface area contributed by atoms with Gasteiger partial charge in [-0.1, -0.05) is 55.5 Å². The molecule has 0 aliphatic heterocycles. The molecule has 0 radical (unpaired) electrons. The monoisotopic (exact) mass is 395 g/mol. The van der Waals surface area contributed by atoms with E-state index in [1.807, 2.05) is 69.3 Å². The van der Waals surface area contributed by atoms with E-state index in [2.05, 4.69) is 5.32 Å². The molecule has 1 unspecified atom stereocenters. The third-order valence-electron chi connectivity index (χ3n) is 4.34. The van der Waals surface area contributed by atoms with Crippen LogP contribution in [0.4, 0.5) is 4.79 Å². The van der Waals surface area contributed by atoms with Gasteiger partial charge in [0, 0.05) is 12.1 Å². The highest BCUT2D eigenvalue weighted by Gasteiger charge is 2.11. The molecular weight excluding hydrogens is 366 g/mol. The van der Waals surface area contributed by atoms with Crippen LogP contribution in [0.2, 0.25) is 0 Å². The summed E-state index contributed by atoms with van der Waals surface area (Å²) in [5, 5.41) is 2.87. The van der Waals surface area contributed by atoms with E-state index in [9.17, 15) is 9.59 Å². The first kappa shape index (κ1) is 22.2. The molecule has 0 aromatic heterocycles. The molecule has 0 heterocycles. The average Bonchev–Trinajstić information content (AvgIpc) is 2.72. The SMILES string of the molecule is CCCOC(=O)/C=C/c1ccc(C)c(CC(C)NC(=O)OCc2ccccc2)c1. The fourth-order valence-electron chi connectivity index (χ4n) is 2.78. The summed E-state index contributed by atoms with van der Waals surface area (Å²) in [7, 11) is 0. The van der Waals surface area contributed by atoms with Gasteiger partial charge >= 0.3 is 12.1 Å². The number of carbonyl (C=O) groups excluding carboxylic acids is 2. The van der Waals surface area contributed by atoms with Crippen LogP contribution in [0.3, 0.4) is 0 Å². The zero-order valence-corrected chi connectivity index (χ0v) is 17.3. The van der Waals surface area contributed by atoms with Crippen molar-refractivity contribution in [3.63, 3.8) is 0 Å². The second kappa shape index (κ2) is 11.7. The molecule has 154 valence electrons. The lowest BCUT2D eigenvalue weighted by atomic mass is 9.99. The Labute approximate surface area is 172 Å². The fourth-order valence-corrected chi connectivity index (χ4v) is 2.78. The number of hydrogen-bond acceptors (Lipinski definition) is 4. The number of esters is 1. The number of carbonyl (C=O) groups is 2. The molecule has 0 spiro atoms. The lowest BCUT2D eigenvalue weighted by Crippen LogP contribution is -2.34. The van der Waals surface area contributed by atoms with E-state index in [1.165, 1.54) is 6.08 Å². The Kier molecular flexibility index (Phi) is 8.96. The number of rotatable bonds is 9. The molecule has 29 heavy (non-hydrogen) atoms. The smallest absolute Gasteiger partial charge is 0.407 e. The van der Waals surface area contributed by atoms with Gasteiger partial charge in [0.25, 0.3) is 0 Å². The Hall–Kier alpha value is -3.08. The molecule has 5 heteroatoms. The van der Waals surface area contributed by atoms with Gasteiger partial charge in [-0.05, 0) is 55.0 Å². The number of amides is 1. The molecule has 1 atom stereocenters. The Morgan fingerprint density at radius 2 is 1.86 bits per heavy atom. The highest BCUT2D eigenvalue weighted by atomic mass is 16.5. The minimum atomic E-state index is -0.436. The van der Waals surface area contributed by atoms with Crippen LogP contribution in [0.1, 0.15) is 42.5 Å². The molecule has 0 aliphatic carbocycles. The van der Waals surface area contributed by atoms with Crippen LogP contribution in [0.25, 0.3) is 6.08 Å². The van der Waals surface area contributed by atoms with Gasteiger partial charge in [-0.25, -0.2) is 9.59 Å². The predicted molar refractivity (Wildman–Crippen MR) is 114 cm³/mol. The number of nitrogens with one attached hydrogen (secondary N) is 1. The molecule has 2 aromatic rings. The van der Waals surface area contributed by atoms with Crippen molar-refractivity contribution in [3.8, 4) is 0 Å². The number of benzene rings is 2. The molecule has 2 aromatic carbocycles. The van der Waals surface area contributed by atoms with Gasteiger partial charge in [0.05, 0.1) is 6.61 Å². The maximum absolute atomic E-state index is 12.0. The van der Waals surface area contributed by atoms with Crippen molar-refractivity contribution in [1.82, 2.24) is 5.32 Å². The van der Waals surface area contributed by atoms with Crippen molar-refractivity contribution in [2.45, 2.75) is 46.3 Å². The van der Waals surface area contributed by atoms with E-state index in [1.54, 1.807) is 6.08 Å². The van der Waals surface area contributed by atoms with Crippen LogP contribution in [-0.4, -0.2) is 24.7 Å². The summed E-state index contributed by atoms with van der Waals surface area (Å²) < 4.78 is 10.3. The second-order valence-corrected chi connectivity index (χ2v) is 7.00. The van der Waals surface area contributed by atoms with Gasteiger partial charge in [0.15, 0.2) is 0 Å². The molecule has 0 fully saturated rings. The topological polar surface area (TPSA) is 64.6 Å². The van der Waals surface area contributed by atoms with E-state index < -0.39 is 6.09 Å². The van der Waals surface area contributed by atoms with E-state index in [0.717, 1.165) is 28.7 Å². The molecule has 5 nitrogen and oxygen atoms in total. The Morgan fingerprint density at radius 3 is 2.59 bits per heavy atom. The highest BCUT2D eigenvalue weighted by molar-refractivity contribution is 5.87. The number of hydrogen-bond donors (Lipinski definition) is 1. The molecule has 0 saturated carbocycles. The van der Waals surface area contributed by atoms with Crippen LogP contribution in [0, 0.1) is 6.92 Å². The largest absolute Gasteiger partial charge is 0.463 e. The lowest BCUT2D eigenvalue weighted by Gasteiger charge is -2.16. The molecule has 2 rings (SSSR count). The molecule has 0 saturated heterocycles. The number of ether oxygens (including phenoxy) is 2. The second-order valence-electron chi connectivity index (χ2n) is 7.00. The summed E-state index contributed by atoms with van der Waals surface area (Å²) in [5.41, 5.74) is 4.09. The summed E-state index contributed by atoms with van der Waals surface area (Å²) >= 11 is 0. The molecule has 1 N–H and O–H groups in total. The number of alkyl carbamates (subject to hydrolysis) is 1. The lowest BCUT2D eigenvalue weighted by molar-refractivity contribution is -0.137. The summed E-state index contributed by atoms with van der Waals surface area (Å²) in [5.74, 6) is -0.342. The molecule has 1 amide bonds. The van der Waals surface area contributed by atoms with Crippen LogP contribution in [0.15, 0.2) is 54.6 Å². The van der Waals surface area contributed by atoms with Crippen molar-refractivity contribution >= 4 is 18.1 Å². The Morgan fingerprint density at radius 1 is 1.10 bits per heavy atom. The standard InChI is InChI=1S/C24H29NO4/c1-4-14-28-23(26)13-12-20-11-10-18(2)22(16-20)15-19(3)25-24(27)29-17-21-8-6-5-7-9-21/h5-13,16,19H,4,14-15,17H2,1-3H3,(H,25,27)/b13-12+. The predicted octanol–water partition coefficient (Wildman–Crippen LogP) is 4.82. The first-order valence-corrected chi connectivity index (χ1v) is 9.89. The van der Waals surface area contributed by atoms with E-state index in [0.29, 0.717) is 13.0 Å². The normalized spacial score (nSPS) is 11.8. The average molecular weight is 395 g/mol. The molecule has 0 bridgehead atoms. The van der Waals surface area contributed by atoms with Crippen molar-refractivity contribution in [1.29, 1.82) is 0 Å². The third kappa shape index (κ3) is 8.21. The maximum Gasteiger partial charge on any atom is 0.407 e. The highest BCUT2D eigenvalue weighted by Crippen LogP contribution is 2.15. The molecular formula is C24H29NO4. The van der Waals surface area contributed by atoms with Crippen molar-refractivity contribution < 1.29 is 19.1 Å². The van der Waals surface area contributed by atoms with Crippen LogP contribution in [0.5, 0.6) is 0 Å². The van der Waals surface area contributed by atoms with E-state index in [4.69, 9.17) is 9.47 Å². The van der Waals surface area contributed by atoms with Gasteiger partial charge in [-0.3, -0.25) is 0 Å². The minimum absolute atomic E-state index is 0.0919. The van der Waals surface area contributed by atoms with Crippen molar-refractivity contribution in [2.75, 3.05) is 6.61 Å². The summed E-state index contributed by atoms with van der Waals surface area (Å²) in [6.07, 6.45) is 4.20. The zero-order valence-electron chi connectivity index (χ0n) is 17.3. The van der Waals surface area contributed by atoms with E-state index >= 15 is 0 Å². The van der Waals surface area contributed by atoms with Crippen LogP contribution in [-0.2, 0) is 27.3 Å². The zero-order chi connectivity index (χ0) is 21.1. The third-order valence-corrected chi connectivity index (χ3v) is 4.34. The Bertz CT molecular complexity index is 830.